The number of benzene rings is 2. The number of fused-ring (bicyclic) bond motifs is 1. The van der Waals surface area contributed by atoms with Crippen molar-refractivity contribution in [2.45, 2.75) is 0 Å². The molecule has 4 aromatic rings. The quantitative estimate of drug-likeness (QED) is 0.443. The Morgan fingerprint density at radius 2 is 1.89 bits per heavy atom. The third kappa shape index (κ3) is 3.72. The van der Waals surface area contributed by atoms with E-state index in [1.54, 1.807) is 42.6 Å². The molecule has 0 radical (unpaired) electrons. The lowest BCUT2D eigenvalue weighted by Crippen LogP contribution is -1.99. The predicted molar refractivity (Wildman–Crippen MR) is 108 cm³/mol. The first-order valence-corrected chi connectivity index (χ1v) is 9.07. The van der Waals surface area contributed by atoms with Crippen molar-refractivity contribution in [3.8, 4) is 17.4 Å². The standard InChI is InChI=1S/C20H14BrFN4O2/c1-27-17-9-13-16(10-18(17)28-19-4-2-3-7-23-19)24-11-25-20(13)26-15-6-5-12(21)8-14(15)22/h2-11H,1H3,(H,24,25,26). The van der Waals surface area contributed by atoms with E-state index in [1.165, 1.54) is 19.5 Å². The molecule has 0 aliphatic rings. The van der Waals surface area contributed by atoms with Gasteiger partial charge >= 0.3 is 0 Å². The zero-order valence-electron chi connectivity index (χ0n) is 14.7. The topological polar surface area (TPSA) is 69.2 Å². The number of hydrogen-bond acceptors (Lipinski definition) is 6. The highest BCUT2D eigenvalue weighted by Gasteiger charge is 2.14. The number of hydrogen-bond donors (Lipinski definition) is 1. The van der Waals surface area contributed by atoms with Crippen LogP contribution in [0.25, 0.3) is 10.9 Å². The molecule has 0 aliphatic heterocycles. The lowest BCUT2D eigenvalue weighted by Gasteiger charge is -2.13. The zero-order chi connectivity index (χ0) is 19.5. The molecule has 0 aliphatic carbocycles. The molecule has 4 rings (SSSR count). The van der Waals surface area contributed by atoms with Gasteiger partial charge in [-0.15, -0.1) is 0 Å². The van der Waals surface area contributed by atoms with E-state index in [1.807, 2.05) is 6.07 Å². The molecule has 0 atom stereocenters. The highest BCUT2D eigenvalue weighted by molar-refractivity contribution is 9.10. The van der Waals surface area contributed by atoms with Gasteiger partial charge in [0, 0.05) is 28.2 Å². The van der Waals surface area contributed by atoms with E-state index in [0.29, 0.717) is 44.3 Å². The number of halogens is 2. The molecular formula is C20H14BrFN4O2. The van der Waals surface area contributed by atoms with Gasteiger partial charge in [-0.05, 0) is 30.3 Å². The van der Waals surface area contributed by atoms with Crippen LogP contribution in [0.3, 0.4) is 0 Å². The number of methoxy groups -OCH3 is 1. The predicted octanol–water partition coefficient (Wildman–Crippen LogP) is 5.47. The second kappa shape index (κ2) is 7.77. The van der Waals surface area contributed by atoms with Gasteiger partial charge < -0.3 is 14.8 Å². The number of nitrogens with one attached hydrogen (secondary N) is 1. The van der Waals surface area contributed by atoms with Crippen LogP contribution in [0, 0.1) is 5.82 Å². The molecule has 0 saturated carbocycles. The normalized spacial score (nSPS) is 10.7. The van der Waals surface area contributed by atoms with Crippen molar-refractivity contribution >= 4 is 38.3 Å². The number of aromatic nitrogens is 3. The molecule has 0 spiro atoms. The number of nitrogens with zero attached hydrogens (tertiary/aromatic N) is 3. The van der Waals surface area contributed by atoms with Crippen LogP contribution in [0.15, 0.2) is 65.5 Å². The van der Waals surface area contributed by atoms with E-state index in [-0.39, 0.29) is 0 Å². The summed E-state index contributed by atoms with van der Waals surface area (Å²) in [6.45, 7) is 0. The first kappa shape index (κ1) is 18.1. The molecule has 0 unspecified atom stereocenters. The first-order valence-electron chi connectivity index (χ1n) is 8.28. The molecule has 1 N–H and O–H groups in total. The van der Waals surface area contributed by atoms with Gasteiger partial charge in [0.25, 0.3) is 0 Å². The third-order valence-corrected chi connectivity index (χ3v) is 4.45. The summed E-state index contributed by atoms with van der Waals surface area (Å²) in [6, 6.07) is 13.6. The molecule has 0 fully saturated rings. The number of ether oxygens (including phenoxy) is 2. The van der Waals surface area contributed by atoms with Gasteiger partial charge in [0.05, 0.1) is 18.3 Å². The smallest absolute Gasteiger partial charge is 0.219 e. The van der Waals surface area contributed by atoms with Crippen LogP contribution in [0.1, 0.15) is 0 Å². The molecule has 2 aromatic heterocycles. The van der Waals surface area contributed by atoms with Crippen LogP contribution in [0.5, 0.6) is 17.4 Å². The Morgan fingerprint density at radius 1 is 1.00 bits per heavy atom. The van der Waals surface area contributed by atoms with Crippen molar-refractivity contribution in [2.24, 2.45) is 0 Å². The van der Waals surface area contributed by atoms with Gasteiger partial charge in [-0.2, -0.15) is 0 Å². The minimum absolute atomic E-state index is 0.302. The maximum Gasteiger partial charge on any atom is 0.219 e. The fraction of sp³-hybridized carbons (Fsp3) is 0.0500. The minimum Gasteiger partial charge on any atom is -0.493 e. The van der Waals surface area contributed by atoms with Gasteiger partial charge in [-0.25, -0.2) is 19.3 Å². The maximum atomic E-state index is 14.2. The highest BCUT2D eigenvalue weighted by Crippen LogP contribution is 2.37. The van der Waals surface area contributed by atoms with Crippen LogP contribution < -0.4 is 14.8 Å². The zero-order valence-corrected chi connectivity index (χ0v) is 16.3. The molecule has 0 amide bonds. The van der Waals surface area contributed by atoms with Crippen molar-refractivity contribution in [2.75, 3.05) is 12.4 Å². The van der Waals surface area contributed by atoms with Crippen LogP contribution in [-0.2, 0) is 0 Å². The molecule has 0 bridgehead atoms. The minimum atomic E-state index is -0.400. The van der Waals surface area contributed by atoms with E-state index < -0.39 is 5.82 Å². The fourth-order valence-electron chi connectivity index (χ4n) is 2.64. The fourth-order valence-corrected chi connectivity index (χ4v) is 2.97. The summed E-state index contributed by atoms with van der Waals surface area (Å²) < 4.78 is 26.1. The van der Waals surface area contributed by atoms with Gasteiger partial charge in [0.1, 0.15) is 18.0 Å². The SMILES string of the molecule is COc1cc2c(Nc3ccc(Br)cc3F)ncnc2cc1Oc1ccccn1. The van der Waals surface area contributed by atoms with E-state index >= 15 is 0 Å². The molecule has 0 saturated heterocycles. The molecule has 28 heavy (non-hydrogen) atoms. The summed E-state index contributed by atoms with van der Waals surface area (Å²) in [5.74, 6) is 1.43. The summed E-state index contributed by atoms with van der Waals surface area (Å²) in [7, 11) is 1.54. The molecule has 2 heterocycles. The lowest BCUT2D eigenvalue weighted by molar-refractivity contribution is 0.375. The van der Waals surface area contributed by atoms with Crippen LogP contribution >= 0.6 is 15.9 Å². The Balaban J connectivity index is 1.75. The Morgan fingerprint density at radius 3 is 2.64 bits per heavy atom. The Kier molecular flexibility index (Phi) is 5.03. The molecule has 2 aromatic carbocycles. The lowest BCUT2D eigenvalue weighted by atomic mass is 10.2. The molecule has 8 heteroatoms. The molecule has 140 valence electrons. The summed E-state index contributed by atoms with van der Waals surface area (Å²) >= 11 is 3.25. The van der Waals surface area contributed by atoms with Gasteiger partial charge in [-0.1, -0.05) is 22.0 Å². The van der Waals surface area contributed by atoms with Crippen molar-refractivity contribution in [1.82, 2.24) is 15.0 Å². The van der Waals surface area contributed by atoms with Crippen LogP contribution in [0.2, 0.25) is 0 Å². The summed E-state index contributed by atoms with van der Waals surface area (Å²) in [6.07, 6.45) is 3.04. The average molecular weight is 441 g/mol. The van der Waals surface area contributed by atoms with Crippen molar-refractivity contribution in [3.05, 3.63) is 71.3 Å². The van der Waals surface area contributed by atoms with Crippen molar-refractivity contribution in [3.63, 3.8) is 0 Å². The Hall–Kier alpha value is -3.26. The summed E-state index contributed by atoms with van der Waals surface area (Å²) in [5, 5.41) is 3.67. The third-order valence-electron chi connectivity index (χ3n) is 3.96. The number of anilines is 2. The molecule has 6 nitrogen and oxygen atoms in total. The average Bonchev–Trinajstić information content (AvgIpc) is 2.70. The van der Waals surface area contributed by atoms with E-state index in [0.717, 1.165) is 0 Å². The van der Waals surface area contributed by atoms with E-state index in [9.17, 15) is 4.39 Å². The highest BCUT2D eigenvalue weighted by atomic mass is 79.9. The summed E-state index contributed by atoms with van der Waals surface area (Å²) in [4.78, 5) is 12.7. The van der Waals surface area contributed by atoms with Crippen LogP contribution in [0.4, 0.5) is 15.9 Å². The Bertz CT molecular complexity index is 1140. The van der Waals surface area contributed by atoms with E-state index in [2.05, 4.69) is 36.2 Å². The Labute approximate surface area is 168 Å². The second-order valence-electron chi connectivity index (χ2n) is 5.76. The van der Waals surface area contributed by atoms with Crippen LogP contribution in [-0.4, -0.2) is 22.1 Å². The van der Waals surface area contributed by atoms with Gasteiger partial charge in [0.15, 0.2) is 11.5 Å². The largest absolute Gasteiger partial charge is 0.493 e. The van der Waals surface area contributed by atoms with Gasteiger partial charge in [0.2, 0.25) is 5.88 Å². The monoisotopic (exact) mass is 440 g/mol. The maximum absolute atomic E-state index is 14.2. The van der Waals surface area contributed by atoms with Crippen molar-refractivity contribution < 1.29 is 13.9 Å². The molecular weight excluding hydrogens is 427 g/mol. The number of rotatable bonds is 5. The van der Waals surface area contributed by atoms with Crippen molar-refractivity contribution in [1.29, 1.82) is 0 Å². The van der Waals surface area contributed by atoms with Gasteiger partial charge in [-0.3, -0.25) is 0 Å². The number of pyridine rings is 1. The first-order chi connectivity index (χ1) is 13.6. The van der Waals surface area contributed by atoms with E-state index in [4.69, 9.17) is 9.47 Å². The second-order valence-corrected chi connectivity index (χ2v) is 6.68. The summed E-state index contributed by atoms with van der Waals surface area (Å²) in [5.41, 5.74) is 0.915.